The summed E-state index contributed by atoms with van der Waals surface area (Å²) in [6.45, 7) is 0.867. The van der Waals surface area contributed by atoms with Gasteiger partial charge in [-0.25, -0.2) is 13.2 Å². The number of benzene rings is 2. The van der Waals surface area contributed by atoms with Crippen molar-refractivity contribution in [2.45, 2.75) is 30.6 Å². The van der Waals surface area contributed by atoms with Crippen LogP contribution < -0.4 is 5.32 Å². The second-order valence-electron chi connectivity index (χ2n) is 8.03. The van der Waals surface area contributed by atoms with Gasteiger partial charge in [-0.3, -0.25) is 9.59 Å². The van der Waals surface area contributed by atoms with Crippen LogP contribution in [0.3, 0.4) is 0 Å². The number of methoxy groups -OCH3 is 1. The molecule has 1 atom stereocenters. The number of esters is 1. The molecule has 0 bridgehead atoms. The largest absolute Gasteiger partial charge is 0.465 e. The normalized spacial score (nSPS) is 16.9. The molecular formula is C23H24F3N3O6S. The molecule has 1 unspecified atom stereocenters. The van der Waals surface area contributed by atoms with Gasteiger partial charge in [-0.05, 0) is 42.0 Å². The number of halogens is 3. The Morgan fingerprint density at radius 1 is 1.03 bits per heavy atom. The van der Waals surface area contributed by atoms with Crippen molar-refractivity contribution in [3.63, 3.8) is 0 Å². The number of rotatable bonds is 6. The van der Waals surface area contributed by atoms with Gasteiger partial charge in [0.25, 0.3) is 0 Å². The molecular weight excluding hydrogens is 503 g/mol. The lowest BCUT2D eigenvalue weighted by Crippen LogP contribution is -2.61. The van der Waals surface area contributed by atoms with E-state index in [-0.39, 0.29) is 42.5 Å². The van der Waals surface area contributed by atoms with Crippen LogP contribution in [0.5, 0.6) is 0 Å². The van der Waals surface area contributed by atoms with Crippen molar-refractivity contribution >= 4 is 27.8 Å². The summed E-state index contributed by atoms with van der Waals surface area (Å²) in [4.78, 5) is 37.8. The van der Waals surface area contributed by atoms with Gasteiger partial charge < -0.3 is 15.0 Å². The zero-order valence-corrected chi connectivity index (χ0v) is 20.2. The smallest absolute Gasteiger partial charge is 0.416 e. The molecule has 1 N–H and O–H groups in total. The number of hydrogen-bond acceptors (Lipinski definition) is 6. The molecule has 9 nitrogen and oxygen atoms in total. The average Bonchev–Trinajstić information content (AvgIpc) is 2.86. The number of hydrogen-bond donors (Lipinski definition) is 1. The van der Waals surface area contributed by atoms with Crippen molar-refractivity contribution in [3.8, 4) is 0 Å². The third-order valence-corrected chi connectivity index (χ3v) is 7.63. The molecule has 1 aliphatic heterocycles. The van der Waals surface area contributed by atoms with E-state index in [0.717, 1.165) is 16.4 Å². The maximum atomic E-state index is 13.4. The summed E-state index contributed by atoms with van der Waals surface area (Å²) in [7, 11) is -3.01. The van der Waals surface area contributed by atoms with Gasteiger partial charge in [0.05, 0.1) is 23.1 Å². The first-order valence-electron chi connectivity index (χ1n) is 10.7. The van der Waals surface area contributed by atoms with Crippen LogP contribution in [-0.2, 0) is 37.1 Å². The van der Waals surface area contributed by atoms with E-state index in [1.165, 1.54) is 55.3 Å². The van der Waals surface area contributed by atoms with E-state index >= 15 is 0 Å². The molecule has 194 valence electrons. The second kappa shape index (κ2) is 10.7. The SMILES string of the molecule is COC(=O)c1ccc(S(=O)(=O)N2CCN(C(C)=O)CC2C(=O)NCc2ccc(C(F)(F)F)cc2)cc1. The zero-order valence-electron chi connectivity index (χ0n) is 19.4. The number of ether oxygens (including phenoxy) is 1. The van der Waals surface area contributed by atoms with Crippen molar-refractivity contribution in [1.82, 2.24) is 14.5 Å². The lowest BCUT2D eigenvalue weighted by Gasteiger charge is -2.39. The van der Waals surface area contributed by atoms with Gasteiger partial charge in [0.2, 0.25) is 21.8 Å². The molecule has 1 heterocycles. The number of piperazine rings is 1. The topological polar surface area (TPSA) is 113 Å². The summed E-state index contributed by atoms with van der Waals surface area (Å²) in [6.07, 6.45) is -4.50. The Morgan fingerprint density at radius 2 is 1.64 bits per heavy atom. The molecule has 36 heavy (non-hydrogen) atoms. The molecule has 2 amide bonds. The van der Waals surface area contributed by atoms with Crippen LogP contribution >= 0.6 is 0 Å². The number of nitrogens with one attached hydrogen (secondary N) is 1. The van der Waals surface area contributed by atoms with Crippen molar-refractivity contribution in [2.24, 2.45) is 0 Å². The van der Waals surface area contributed by atoms with Gasteiger partial charge in [0.1, 0.15) is 6.04 Å². The third-order valence-electron chi connectivity index (χ3n) is 5.71. The number of carbonyl (C=O) groups excluding carboxylic acids is 3. The molecule has 2 aromatic carbocycles. The highest BCUT2D eigenvalue weighted by Crippen LogP contribution is 2.29. The van der Waals surface area contributed by atoms with E-state index < -0.39 is 39.7 Å². The number of nitrogens with zero attached hydrogens (tertiary/aromatic N) is 2. The summed E-state index contributed by atoms with van der Waals surface area (Å²) < 4.78 is 70.6. The fourth-order valence-corrected chi connectivity index (χ4v) is 5.26. The van der Waals surface area contributed by atoms with Gasteiger partial charge in [-0.2, -0.15) is 17.5 Å². The predicted octanol–water partition coefficient (Wildman–Crippen LogP) is 2.03. The average molecular weight is 528 g/mol. The minimum Gasteiger partial charge on any atom is -0.465 e. The molecule has 1 fully saturated rings. The fourth-order valence-electron chi connectivity index (χ4n) is 3.69. The van der Waals surface area contributed by atoms with Crippen LogP contribution in [0.25, 0.3) is 0 Å². The monoisotopic (exact) mass is 527 g/mol. The van der Waals surface area contributed by atoms with Crippen LogP contribution in [0.1, 0.15) is 28.4 Å². The highest BCUT2D eigenvalue weighted by atomic mass is 32.2. The second-order valence-corrected chi connectivity index (χ2v) is 9.92. The van der Waals surface area contributed by atoms with E-state index in [1.54, 1.807) is 0 Å². The van der Waals surface area contributed by atoms with Gasteiger partial charge in [-0.1, -0.05) is 12.1 Å². The van der Waals surface area contributed by atoms with E-state index in [9.17, 15) is 36.0 Å². The molecule has 0 aliphatic carbocycles. The predicted molar refractivity (Wildman–Crippen MR) is 121 cm³/mol. The summed E-state index contributed by atoms with van der Waals surface area (Å²) in [6, 6.07) is 7.91. The van der Waals surface area contributed by atoms with E-state index in [2.05, 4.69) is 10.1 Å². The van der Waals surface area contributed by atoms with Crippen molar-refractivity contribution in [1.29, 1.82) is 0 Å². The van der Waals surface area contributed by atoms with Crippen LogP contribution in [-0.4, -0.2) is 68.2 Å². The van der Waals surface area contributed by atoms with Gasteiger partial charge in [0, 0.05) is 33.1 Å². The summed E-state index contributed by atoms with van der Waals surface area (Å²) in [5, 5.41) is 2.55. The van der Waals surface area contributed by atoms with E-state index in [4.69, 9.17) is 0 Å². The fraction of sp³-hybridized carbons (Fsp3) is 0.348. The molecule has 0 radical (unpaired) electrons. The summed E-state index contributed by atoms with van der Waals surface area (Å²) >= 11 is 0. The Morgan fingerprint density at radius 3 is 2.17 bits per heavy atom. The molecule has 1 saturated heterocycles. The maximum Gasteiger partial charge on any atom is 0.416 e. The minimum atomic E-state index is -4.50. The summed E-state index contributed by atoms with van der Waals surface area (Å²) in [5.74, 6) is -1.69. The van der Waals surface area contributed by atoms with Crippen LogP contribution in [0.2, 0.25) is 0 Å². The molecule has 0 aromatic heterocycles. The van der Waals surface area contributed by atoms with Crippen LogP contribution in [0.4, 0.5) is 13.2 Å². The Bertz CT molecular complexity index is 1230. The first-order valence-corrected chi connectivity index (χ1v) is 12.2. The third kappa shape index (κ3) is 6.02. The molecule has 2 aromatic rings. The lowest BCUT2D eigenvalue weighted by molar-refractivity contribution is -0.138. The molecule has 13 heteroatoms. The molecule has 1 aliphatic rings. The van der Waals surface area contributed by atoms with Gasteiger partial charge >= 0.3 is 12.1 Å². The first-order chi connectivity index (χ1) is 16.8. The van der Waals surface area contributed by atoms with E-state index in [1.807, 2.05) is 0 Å². The highest BCUT2D eigenvalue weighted by Gasteiger charge is 2.40. The Kier molecular flexibility index (Phi) is 8.04. The standard InChI is InChI=1S/C23H24F3N3O6S/c1-15(30)28-11-12-29(36(33,34)19-9-5-17(6-10-19)22(32)35-2)20(14-28)21(31)27-13-16-3-7-18(8-4-16)23(24,25)26/h3-10,20H,11-14H2,1-2H3,(H,27,31). The van der Waals surface area contributed by atoms with E-state index in [0.29, 0.717) is 5.56 Å². The zero-order chi connectivity index (χ0) is 26.7. The number of sulfonamides is 1. The first kappa shape index (κ1) is 27.1. The van der Waals surface area contributed by atoms with Crippen molar-refractivity contribution in [2.75, 3.05) is 26.7 Å². The lowest BCUT2D eigenvalue weighted by atomic mass is 10.1. The summed E-state index contributed by atoms with van der Waals surface area (Å²) in [5.41, 5.74) is -0.315. The maximum absolute atomic E-state index is 13.4. The minimum absolute atomic E-state index is 0.0670. The Labute approximate surface area is 205 Å². The Balaban J connectivity index is 1.81. The molecule has 0 spiro atoms. The van der Waals surface area contributed by atoms with Gasteiger partial charge in [-0.15, -0.1) is 0 Å². The van der Waals surface area contributed by atoms with Crippen molar-refractivity contribution in [3.05, 3.63) is 65.2 Å². The Hall–Kier alpha value is -3.45. The van der Waals surface area contributed by atoms with Crippen molar-refractivity contribution < 1.29 is 40.7 Å². The quantitative estimate of drug-likeness (QED) is 0.576. The van der Waals surface area contributed by atoms with Gasteiger partial charge in [0.15, 0.2) is 0 Å². The number of amides is 2. The van der Waals surface area contributed by atoms with Crippen LogP contribution in [0, 0.1) is 0 Å². The highest BCUT2D eigenvalue weighted by molar-refractivity contribution is 7.89. The number of alkyl halides is 3. The van der Waals surface area contributed by atoms with Crippen LogP contribution in [0.15, 0.2) is 53.4 Å². The number of carbonyl (C=O) groups is 3. The molecule has 3 rings (SSSR count). The molecule has 0 saturated carbocycles.